The molecule has 0 N–H and O–H groups in total. The van der Waals surface area contributed by atoms with Gasteiger partial charge in [-0.2, -0.15) is 4.31 Å². The topological polar surface area (TPSA) is 37.4 Å². The number of sulfonamides is 1. The van der Waals surface area contributed by atoms with E-state index < -0.39 is 10.0 Å². The van der Waals surface area contributed by atoms with Gasteiger partial charge in [-0.15, -0.1) is 0 Å². The molecule has 0 aromatic heterocycles. The van der Waals surface area contributed by atoms with Gasteiger partial charge in [0.2, 0.25) is 10.0 Å². The first-order chi connectivity index (χ1) is 12.0. The van der Waals surface area contributed by atoms with E-state index in [9.17, 15) is 8.42 Å². The number of hydrogen-bond donors (Lipinski definition) is 0. The molecule has 130 valence electrons. The number of hydrogen-bond acceptors (Lipinski definition) is 2. The Morgan fingerprint density at radius 2 is 1.72 bits per heavy atom. The van der Waals surface area contributed by atoms with Gasteiger partial charge in [-0.25, -0.2) is 8.42 Å². The fraction of sp³-hybridized carbons (Fsp3) is 0.200. The maximum atomic E-state index is 12.9. The quantitative estimate of drug-likeness (QED) is 0.513. The fourth-order valence-corrected chi connectivity index (χ4v) is 3.67. The van der Waals surface area contributed by atoms with Crippen LogP contribution in [0.3, 0.4) is 0 Å². The molecule has 0 spiro atoms. The molecule has 2 rings (SSSR count). The molecule has 0 saturated carbocycles. The van der Waals surface area contributed by atoms with Crippen LogP contribution in [-0.2, 0) is 10.0 Å². The van der Waals surface area contributed by atoms with E-state index in [-0.39, 0.29) is 11.4 Å². The number of halogens is 1. The molecule has 0 unspecified atom stereocenters. The molecule has 25 heavy (non-hydrogen) atoms. The summed E-state index contributed by atoms with van der Waals surface area (Å²) in [4.78, 5) is 0.266. The van der Waals surface area contributed by atoms with E-state index in [1.54, 1.807) is 24.3 Å². The average molecular weight is 418 g/mol. The summed E-state index contributed by atoms with van der Waals surface area (Å²) in [6.07, 6.45) is 4.68. The van der Waals surface area contributed by atoms with Crippen molar-refractivity contribution in [3.8, 4) is 11.8 Å². The third-order valence-electron chi connectivity index (χ3n) is 3.42. The molecule has 0 aliphatic rings. The van der Waals surface area contributed by atoms with Gasteiger partial charge in [-0.1, -0.05) is 65.0 Å². The number of rotatable bonds is 6. The molecule has 0 heterocycles. The molecule has 0 aliphatic carbocycles. The largest absolute Gasteiger partial charge is 0.244 e. The minimum atomic E-state index is -3.59. The Hall–Kier alpha value is -1.87. The van der Waals surface area contributed by atoms with Crippen LogP contribution in [0.15, 0.2) is 76.1 Å². The van der Waals surface area contributed by atoms with E-state index in [1.165, 1.54) is 4.31 Å². The highest BCUT2D eigenvalue weighted by molar-refractivity contribution is 9.10. The summed E-state index contributed by atoms with van der Waals surface area (Å²) in [5, 5.41) is 0. The lowest BCUT2D eigenvalue weighted by Gasteiger charge is -2.18. The van der Waals surface area contributed by atoms with Gasteiger partial charge >= 0.3 is 0 Å². The van der Waals surface area contributed by atoms with E-state index in [1.807, 2.05) is 49.4 Å². The van der Waals surface area contributed by atoms with Crippen LogP contribution in [0, 0.1) is 11.8 Å². The minimum absolute atomic E-state index is 0.140. The maximum Gasteiger partial charge on any atom is 0.244 e. The van der Waals surface area contributed by atoms with Gasteiger partial charge in [0.25, 0.3) is 0 Å². The lowest BCUT2D eigenvalue weighted by atomic mass is 10.2. The molecule has 5 heteroatoms. The highest BCUT2D eigenvalue weighted by atomic mass is 79.9. The zero-order chi connectivity index (χ0) is 18.1. The molecular weight excluding hydrogens is 398 g/mol. The summed E-state index contributed by atoms with van der Waals surface area (Å²) in [7, 11) is -3.59. The molecular formula is C20H20BrNO2S. The molecule has 0 atom stereocenters. The van der Waals surface area contributed by atoms with Crippen molar-refractivity contribution >= 4 is 26.0 Å². The predicted molar refractivity (Wildman–Crippen MR) is 106 cm³/mol. The van der Waals surface area contributed by atoms with Crippen molar-refractivity contribution in [2.24, 2.45) is 0 Å². The summed E-state index contributed by atoms with van der Waals surface area (Å²) < 4.78 is 28.0. The second-order valence-corrected chi connectivity index (χ2v) is 8.15. The van der Waals surface area contributed by atoms with Crippen LogP contribution in [0.25, 0.3) is 0 Å². The molecule has 2 aromatic carbocycles. The maximum absolute atomic E-state index is 12.9. The van der Waals surface area contributed by atoms with Crippen molar-refractivity contribution in [3.05, 3.63) is 76.8 Å². The SMILES string of the molecule is CC/C=C\CN(CC#Cc1ccccc1)S(=O)(=O)c1ccc(Br)cc1. The van der Waals surface area contributed by atoms with Gasteiger partial charge in [0.15, 0.2) is 0 Å². The van der Waals surface area contributed by atoms with Crippen LogP contribution in [0.4, 0.5) is 0 Å². The van der Waals surface area contributed by atoms with E-state index >= 15 is 0 Å². The molecule has 2 aromatic rings. The van der Waals surface area contributed by atoms with Gasteiger partial charge in [-0.3, -0.25) is 0 Å². The Morgan fingerprint density at radius 1 is 1.04 bits per heavy atom. The van der Waals surface area contributed by atoms with Crippen LogP contribution in [0.2, 0.25) is 0 Å². The Balaban J connectivity index is 2.24. The van der Waals surface area contributed by atoms with E-state index in [4.69, 9.17) is 0 Å². The zero-order valence-corrected chi connectivity index (χ0v) is 16.4. The molecule has 0 amide bonds. The van der Waals surface area contributed by atoms with Crippen molar-refractivity contribution in [3.63, 3.8) is 0 Å². The van der Waals surface area contributed by atoms with Crippen LogP contribution in [0.1, 0.15) is 18.9 Å². The van der Waals surface area contributed by atoms with Crippen LogP contribution >= 0.6 is 15.9 Å². The lowest BCUT2D eigenvalue weighted by molar-refractivity contribution is 0.477. The lowest BCUT2D eigenvalue weighted by Crippen LogP contribution is -2.31. The number of benzene rings is 2. The van der Waals surface area contributed by atoms with Gasteiger partial charge in [0.1, 0.15) is 0 Å². The van der Waals surface area contributed by atoms with E-state index in [0.29, 0.717) is 6.54 Å². The first-order valence-corrected chi connectivity index (χ1v) is 10.2. The highest BCUT2D eigenvalue weighted by Crippen LogP contribution is 2.18. The monoisotopic (exact) mass is 417 g/mol. The summed E-state index contributed by atoms with van der Waals surface area (Å²) in [5.41, 5.74) is 0.868. The molecule has 0 fully saturated rings. The first-order valence-electron chi connectivity index (χ1n) is 7.98. The van der Waals surface area contributed by atoms with Crippen molar-refractivity contribution < 1.29 is 8.42 Å². The molecule has 0 saturated heterocycles. The van der Waals surface area contributed by atoms with Crippen molar-refractivity contribution in [1.82, 2.24) is 4.31 Å². The Kier molecular flexibility index (Phi) is 7.45. The Morgan fingerprint density at radius 3 is 2.36 bits per heavy atom. The zero-order valence-electron chi connectivity index (χ0n) is 14.0. The minimum Gasteiger partial charge on any atom is -0.207 e. The third kappa shape index (κ3) is 5.86. The van der Waals surface area contributed by atoms with Gasteiger partial charge < -0.3 is 0 Å². The smallest absolute Gasteiger partial charge is 0.207 e. The van der Waals surface area contributed by atoms with Gasteiger partial charge in [0, 0.05) is 16.6 Å². The predicted octanol–water partition coefficient (Wildman–Crippen LogP) is 4.46. The normalized spacial score (nSPS) is 11.5. The van der Waals surface area contributed by atoms with Crippen molar-refractivity contribution in [1.29, 1.82) is 0 Å². The summed E-state index contributed by atoms with van der Waals surface area (Å²) >= 11 is 3.33. The highest BCUT2D eigenvalue weighted by Gasteiger charge is 2.22. The molecule has 0 aliphatic heterocycles. The van der Waals surface area contributed by atoms with Crippen LogP contribution < -0.4 is 0 Å². The van der Waals surface area contributed by atoms with Crippen LogP contribution in [0.5, 0.6) is 0 Å². The number of nitrogens with zero attached hydrogens (tertiary/aromatic N) is 1. The molecule has 0 radical (unpaired) electrons. The first kappa shape index (κ1) is 19.5. The second kappa shape index (κ2) is 9.57. The Labute approximate surface area is 158 Å². The fourth-order valence-electron chi connectivity index (χ4n) is 2.11. The second-order valence-electron chi connectivity index (χ2n) is 5.30. The van der Waals surface area contributed by atoms with E-state index in [0.717, 1.165) is 16.5 Å². The van der Waals surface area contributed by atoms with Crippen molar-refractivity contribution in [2.75, 3.05) is 13.1 Å². The number of allylic oxidation sites excluding steroid dienone is 1. The molecule has 3 nitrogen and oxygen atoms in total. The van der Waals surface area contributed by atoms with Crippen LogP contribution in [-0.4, -0.2) is 25.8 Å². The van der Waals surface area contributed by atoms with Crippen molar-refractivity contribution in [2.45, 2.75) is 18.2 Å². The molecule has 0 bridgehead atoms. The summed E-state index contributed by atoms with van der Waals surface area (Å²) in [5.74, 6) is 5.98. The van der Waals surface area contributed by atoms with Gasteiger partial charge in [-0.05, 0) is 42.8 Å². The Bertz CT molecular complexity index is 863. The third-order valence-corrected chi connectivity index (χ3v) is 5.78. The van der Waals surface area contributed by atoms with Gasteiger partial charge in [0.05, 0.1) is 11.4 Å². The average Bonchev–Trinajstić information content (AvgIpc) is 2.62. The van der Waals surface area contributed by atoms with E-state index in [2.05, 4.69) is 27.8 Å². The summed E-state index contributed by atoms with van der Waals surface area (Å²) in [6.45, 7) is 2.45. The summed E-state index contributed by atoms with van der Waals surface area (Å²) in [6, 6.07) is 16.2. The standard InChI is InChI=1S/C20H20BrNO2S/c1-2-3-7-16-22(17-8-11-18-9-5-4-6-10-18)25(23,24)20-14-12-19(21)13-15-20/h3-7,9-10,12-15H,2,16-17H2,1H3/b7-3-.